The molecule has 8 heteroatoms. The molecule has 2 fully saturated rings. The molecule has 2 aliphatic heterocycles. The molecule has 0 amide bonds. The number of benzene rings is 1. The SMILES string of the molecule is CCN1CCN(c2ccc(Nc3ncc(F)c(-c4ccc5c(c4)C4(CCCC4)C(C)=N5)n3)nc2)CC1. The lowest BCUT2D eigenvalue weighted by Crippen LogP contribution is -2.46. The largest absolute Gasteiger partial charge is 0.368 e. The molecule has 1 N–H and O–H groups in total. The van der Waals surface area contributed by atoms with Crippen LogP contribution in [0.1, 0.15) is 45.1 Å². The fraction of sp³-hybridized carbons (Fsp3) is 0.429. The minimum atomic E-state index is -0.439. The topological polar surface area (TPSA) is 69.5 Å². The second-order valence-electron chi connectivity index (χ2n) is 10.1. The van der Waals surface area contributed by atoms with Crippen molar-refractivity contribution in [2.75, 3.05) is 42.9 Å². The number of hydrogen-bond donors (Lipinski definition) is 1. The summed E-state index contributed by atoms with van der Waals surface area (Å²) >= 11 is 0. The minimum Gasteiger partial charge on any atom is -0.368 e. The van der Waals surface area contributed by atoms with Gasteiger partial charge in [0.25, 0.3) is 0 Å². The van der Waals surface area contributed by atoms with E-state index in [0.29, 0.717) is 17.5 Å². The van der Waals surface area contributed by atoms with Crippen molar-refractivity contribution in [2.24, 2.45) is 4.99 Å². The van der Waals surface area contributed by atoms with E-state index in [-0.39, 0.29) is 5.41 Å². The van der Waals surface area contributed by atoms with Gasteiger partial charge in [0.05, 0.1) is 23.8 Å². The number of aromatic nitrogens is 3. The van der Waals surface area contributed by atoms with Crippen LogP contribution in [0.5, 0.6) is 0 Å². The molecule has 6 rings (SSSR count). The third kappa shape index (κ3) is 4.03. The molecule has 1 aromatic carbocycles. The second kappa shape index (κ2) is 9.24. The van der Waals surface area contributed by atoms with Crippen molar-refractivity contribution >= 4 is 28.9 Å². The van der Waals surface area contributed by atoms with E-state index >= 15 is 0 Å². The van der Waals surface area contributed by atoms with E-state index in [1.165, 1.54) is 30.3 Å². The highest BCUT2D eigenvalue weighted by Gasteiger charge is 2.43. The average Bonchev–Trinajstić information content (AvgIpc) is 3.51. The van der Waals surface area contributed by atoms with Crippen molar-refractivity contribution < 1.29 is 4.39 Å². The molecule has 0 unspecified atom stereocenters. The monoisotopic (exact) mass is 485 g/mol. The van der Waals surface area contributed by atoms with Gasteiger partial charge >= 0.3 is 0 Å². The van der Waals surface area contributed by atoms with Gasteiger partial charge in [-0.15, -0.1) is 0 Å². The quantitative estimate of drug-likeness (QED) is 0.516. The Morgan fingerprint density at radius 2 is 1.81 bits per heavy atom. The second-order valence-corrected chi connectivity index (χ2v) is 10.1. The smallest absolute Gasteiger partial charge is 0.229 e. The molecule has 0 radical (unpaired) electrons. The maximum Gasteiger partial charge on any atom is 0.229 e. The molecule has 2 aromatic heterocycles. The minimum absolute atomic E-state index is 0.00474. The van der Waals surface area contributed by atoms with Gasteiger partial charge in [-0.2, -0.15) is 0 Å². The van der Waals surface area contributed by atoms with E-state index in [0.717, 1.165) is 62.5 Å². The number of nitrogens with one attached hydrogen (secondary N) is 1. The molecule has 0 atom stereocenters. The molecule has 3 aromatic rings. The van der Waals surface area contributed by atoms with E-state index in [4.69, 9.17) is 4.99 Å². The van der Waals surface area contributed by atoms with Crippen molar-refractivity contribution in [3.05, 3.63) is 54.1 Å². The predicted octanol–water partition coefficient (Wildman–Crippen LogP) is 5.48. The van der Waals surface area contributed by atoms with Gasteiger partial charge in [0.15, 0.2) is 5.82 Å². The van der Waals surface area contributed by atoms with Gasteiger partial charge in [-0.3, -0.25) is 4.99 Å². The number of nitrogens with zero attached hydrogens (tertiary/aromatic N) is 6. The first-order valence-corrected chi connectivity index (χ1v) is 13.0. The molecule has 1 spiro atoms. The van der Waals surface area contributed by atoms with Gasteiger partial charge < -0.3 is 15.1 Å². The zero-order chi connectivity index (χ0) is 24.7. The van der Waals surface area contributed by atoms with Crippen molar-refractivity contribution in [3.63, 3.8) is 0 Å². The van der Waals surface area contributed by atoms with E-state index in [1.54, 1.807) is 0 Å². The van der Waals surface area contributed by atoms with Crippen LogP contribution in [0.25, 0.3) is 11.3 Å². The van der Waals surface area contributed by atoms with Gasteiger partial charge in [-0.05, 0) is 56.1 Å². The zero-order valence-corrected chi connectivity index (χ0v) is 21.0. The Morgan fingerprint density at radius 3 is 2.53 bits per heavy atom. The van der Waals surface area contributed by atoms with Crippen molar-refractivity contribution in [2.45, 2.75) is 44.9 Å². The lowest BCUT2D eigenvalue weighted by Gasteiger charge is -2.35. The van der Waals surface area contributed by atoms with Crippen LogP contribution in [0, 0.1) is 5.82 Å². The number of piperazine rings is 1. The number of likely N-dealkylation sites (N-methyl/N-ethyl adjacent to an activating group) is 1. The lowest BCUT2D eigenvalue weighted by molar-refractivity contribution is 0.271. The van der Waals surface area contributed by atoms with Crippen LogP contribution in [0.4, 0.5) is 27.5 Å². The molecule has 1 saturated carbocycles. The number of anilines is 3. The van der Waals surface area contributed by atoms with E-state index in [2.05, 4.69) is 56.0 Å². The Hall–Kier alpha value is -3.39. The van der Waals surface area contributed by atoms with Crippen molar-refractivity contribution in [1.29, 1.82) is 0 Å². The summed E-state index contributed by atoms with van der Waals surface area (Å²) in [6, 6.07) is 9.97. The van der Waals surface area contributed by atoms with Crippen LogP contribution in [0.15, 0.2) is 47.7 Å². The highest BCUT2D eigenvalue weighted by molar-refractivity contribution is 6.01. The van der Waals surface area contributed by atoms with Crippen LogP contribution < -0.4 is 10.2 Å². The number of aliphatic imine (C=N–C) groups is 1. The standard InChI is InChI=1S/C28H32FN7/c1-3-35-12-14-36(15-13-35)21-7-9-25(30-17-21)33-27-31-18-23(29)26(34-27)20-6-8-24-22(16-20)28(19(2)32-24)10-4-5-11-28/h6-9,16-18H,3-5,10-15H2,1-2H3,(H,30,31,33,34). The van der Waals surface area contributed by atoms with Crippen LogP contribution in [-0.4, -0.2) is 58.3 Å². The van der Waals surface area contributed by atoms with Crippen molar-refractivity contribution in [3.8, 4) is 11.3 Å². The van der Waals surface area contributed by atoms with E-state index in [1.807, 2.05) is 24.4 Å². The molecule has 0 bridgehead atoms. The third-order valence-corrected chi connectivity index (χ3v) is 8.14. The molecule has 7 nitrogen and oxygen atoms in total. The van der Waals surface area contributed by atoms with E-state index in [9.17, 15) is 4.39 Å². The van der Waals surface area contributed by atoms with Crippen LogP contribution in [0.3, 0.4) is 0 Å². The first kappa shape index (κ1) is 23.0. The summed E-state index contributed by atoms with van der Waals surface area (Å²) < 4.78 is 14.9. The summed E-state index contributed by atoms with van der Waals surface area (Å²) in [7, 11) is 0. The Kier molecular flexibility index (Phi) is 5.91. The summed E-state index contributed by atoms with van der Waals surface area (Å²) in [6.45, 7) is 9.55. The normalized spacial score (nSPS) is 19.0. The fourth-order valence-electron chi connectivity index (χ4n) is 5.97. The molecular formula is C28H32FN7. The molecule has 36 heavy (non-hydrogen) atoms. The molecule has 4 heterocycles. The zero-order valence-electron chi connectivity index (χ0n) is 21.0. The Balaban J connectivity index is 1.22. The Morgan fingerprint density at radius 1 is 1.00 bits per heavy atom. The summed E-state index contributed by atoms with van der Waals surface area (Å²) in [5, 5.41) is 3.15. The number of halogens is 1. The number of rotatable bonds is 5. The highest BCUT2D eigenvalue weighted by Crippen LogP contribution is 2.51. The van der Waals surface area contributed by atoms with Gasteiger partial charge in [0.2, 0.25) is 5.95 Å². The molecule has 1 aliphatic carbocycles. The average molecular weight is 486 g/mol. The molecular weight excluding hydrogens is 453 g/mol. The third-order valence-electron chi connectivity index (χ3n) is 8.14. The number of hydrogen-bond acceptors (Lipinski definition) is 7. The van der Waals surface area contributed by atoms with Crippen LogP contribution in [0.2, 0.25) is 0 Å². The van der Waals surface area contributed by atoms with Gasteiger partial charge in [-0.25, -0.2) is 19.3 Å². The first-order chi connectivity index (χ1) is 17.6. The fourth-order valence-corrected chi connectivity index (χ4v) is 5.97. The maximum atomic E-state index is 14.9. The highest BCUT2D eigenvalue weighted by atomic mass is 19.1. The predicted molar refractivity (Wildman–Crippen MR) is 142 cm³/mol. The van der Waals surface area contributed by atoms with E-state index < -0.39 is 5.82 Å². The van der Waals surface area contributed by atoms with Gasteiger partial charge in [-0.1, -0.05) is 25.8 Å². The maximum absolute atomic E-state index is 14.9. The summed E-state index contributed by atoms with van der Waals surface area (Å²) in [6.07, 6.45) is 7.72. The van der Waals surface area contributed by atoms with Crippen LogP contribution in [-0.2, 0) is 5.41 Å². The Labute approximate surface area is 211 Å². The van der Waals surface area contributed by atoms with Crippen molar-refractivity contribution in [1.82, 2.24) is 19.9 Å². The molecule has 3 aliphatic rings. The summed E-state index contributed by atoms with van der Waals surface area (Å²) in [5.74, 6) is 0.518. The Bertz CT molecular complexity index is 1290. The van der Waals surface area contributed by atoms with Gasteiger partial charge in [0, 0.05) is 42.9 Å². The number of fused-ring (bicyclic) bond motifs is 2. The summed E-state index contributed by atoms with van der Waals surface area (Å²) in [4.78, 5) is 22.9. The first-order valence-electron chi connectivity index (χ1n) is 13.0. The number of pyridine rings is 1. The molecule has 186 valence electrons. The summed E-state index contributed by atoms with van der Waals surface area (Å²) in [5.41, 5.74) is 5.55. The lowest BCUT2D eigenvalue weighted by atomic mass is 9.76. The van der Waals surface area contributed by atoms with Crippen LogP contribution >= 0.6 is 0 Å². The molecule has 1 saturated heterocycles. The van der Waals surface area contributed by atoms with Gasteiger partial charge in [0.1, 0.15) is 11.5 Å².